The summed E-state index contributed by atoms with van der Waals surface area (Å²) < 4.78 is 5.90. The van der Waals surface area contributed by atoms with E-state index in [2.05, 4.69) is 12.2 Å². The van der Waals surface area contributed by atoms with Gasteiger partial charge in [-0.3, -0.25) is 0 Å². The highest BCUT2D eigenvalue weighted by molar-refractivity contribution is 5.83. The molecule has 2 rings (SSSR count). The summed E-state index contributed by atoms with van der Waals surface area (Å²) in [5.41, 5.74) is 1.78. The maximum absolute atomic E-state index is 12.5. The van der Waals surface area contributed by atoms with Crippen LogP contribution in [-0.4, -0.2) is 35.7 Å². The highest BCUT2D eigenvalue weighted by Crippen LogP contribution is 2.27. The van der Waals surface area contributed by atoms with Crippen LogP contribution < -0.4 is 5.32 Å². The molecule has 0 saturated heterocycles. The van der Waals surface area contributed by atoms with Crippen LogP contribution in [0.25, 0.3) is 11.0 Å². The second-order valence-electron chi connectivity index (χ2n) is 7.59. The average Bonchev–Trinajstić information content (AvgIpc) is 2.89. The second-order valence-corrected chi connectivity index (χ2v) is 7.59. The highest BCUT2D eigenvalue weighted by atomic mass is 16.3. The predicted octanol–water partition coefficient (Wildman–Crippen LogP) is 3.93. The van der Waals surface area contributed by atoms with E-state index in [4.69, 9.17) is 4.42 Å². The molecule has 2 amide bonds. The third-order valence-electron chi connectivity index (χ3n) is 4.41. The Labute approximate surface area is 150 Å². The highest BCUT2D eigenvalue weighted by Gasteiger charge is 2.23. The maximum atomic E-state index is 12.5. The van der Waals surface area contributed by atoms with Crippen molar-refractivity contribution in [2.24, 2.45) is 5.41 Å². The minimum atomic E-state index is -0.381. The Balaban J connectivity index is 2.04. The van der Waals surface area contributed by atoms with Crippen molar-refractivity contribution in [3.63, 3.8) is 0 Å². The van der Waals surface area contributed by atoms with E-state index in [0.29, 0.717) is 19.5 Å². The number of para-hydroxylation sites is 1. The van der Waals surface area contributed by atoms with E-state index in [1.165, 1.54) is 0 Å². The Bertz CT molecular complexity index is 719. The number of aliphatic hydroxyl groups excluding tert-OH is 1. The van der Waals surface area contributed by atoms with E-state index >= 15 is 0 Å². The van der Waals surface area contributed by atoms with Gasteiger partial charge in [-0.05, 0) is 24.8 Å². The molecule has 0 aliphatic heterocycles. The van der Waals surface area contributed by atoms with E-state index in [1.807, 2.05) is 38.1 Å². The summed E-state index contributed by atoms with van der Waals surface area (Å²) in [6, 6.07) is 7.81. The lowest BCUT2D eigenvalue weighted by atomic mass is 9.87. The number of carbonyl (C=O) groups is 1. The van der Waals surface area contributed by atoms with Gasteiger partial charge in [0, 0.05) is 31.0 Å². The number of hydrogen-bond donors (Lipinski definition) is 2. The molecule has 0 fully saturated rings. The van der Waals surface area contributed by atoms with E-state index in [-0.39, 0.29) is 17.6 Å². The van der Waals surface area contributed by atoms with Crippen LogP contribution in [0.15, 0.2) is 28.7 Å². The summed E-state index contributed by atoms with van der Waals surface area (Å²) in [6.07, 6.45) is 1.05. The van der Waals surface area contributed by atoms with Gasteiger partial charge in [-0.15, -0.1) is 0 Å². The van der Waals surface area contributed by atoms with Crippen LogP contribution in [0.5, 0.6) is 0 Å². The number of furan rings is 1. The van der Waals surface area contributed by atoms with E-state index in [9.17, 15) is 9.90 Å². The zero-order valence-corrected chi connectivity index (χ0v) is 15.9. The number of fused-ring (bicyclic) bond motifs is 1. The van der Waals surface area contributed by atoms with Gasteiger partial charge in [0.05, 0.1) is 12.6 Å². The zero-order valence-electron chi connectivity index (χ0n) is 15.9. The van der Waals surface area contributed by atoms with Crippen LogP contribution in [-0.2, 0) is 13.0 Å². The summed E-state index contributed by atoms with van der Waals surface area (Å²) in [4.78, 5) is 14.1. The fourth-order valence-corrected chi connectivity index (χ4v) is 3.24. The minimum absolute atomic E-state index is 0.119. The number of urea groups is 1. The van der Waals surface area contributed by atoms with Crippen LogP contribution in [0, 0.1) is 5.41 Å². The van der Waals surface area contributed by atoms with Gasteiger partial charge < -0.3 is 19.7 Å². The van der Waals surface area contributed by atoms with Crippen molar-refractivity contribution in [3.8, 4) is 0 Å². The monoisotopic (exact) mass is 346 g/mol. The number of carbonyl (C=O) groups excluding carboxylic acids is 1. The SMILES string of the molecule is CCc1oc2ccccc2c1CN(C)C(=O)NCC(C)(C)CC(C)O. The first-order valence-electron chi connectivity index (χ1n) is 8.90. The average molecular weight is 346 g/mol. The van der Waals surface area contributed by atoms with Crippen LogP contribution in [0.1, 0.15) is 45.4 Å². The summed E-state index contributed by atoms with van der Waals surface area (Å²) in [7, 11) is 1.79. The molecular weight excluding hydrogens is 316 g/mol. The van der Waals surface area contributed by atoms with Gasteiger partial charge in [-0.25, -0.2) is 4.79 Å². The Hall–Kier alpha value is -2.01. The number of nitrogens with one attached hydrogen (secondary N) is 1. The summed E-state index contributed by atoms with van der Waals surface area (Å²) in [6.45, 7) is 8.93. The maximum Gasteiger partial charge on any atom is 0.317 e. The van der Waals surface area contributed by atoms with Gasteiger partial charge in [0.15, 0.2) is 0 Å². The first-order valence-corrected chi connectivity index (χ1v) is 8.90. The van der Waals surface area contributed by atoms with Crippen molar-refractivity contribution in [2.75, 3.05) is 13.6 Å². The fourth-order valence-electron chi connectivity index (χ4n) is 3.24. The molecule has 1 aromatic carbocycles. The van der Waals surface area contributed by atoms with Crippen LogP contribution >= 0.6 is 0 Å². The van der Waals surface area contributed by atoms with Crippen LogP contribution in [0.3, 0.4) is 0 Å². The first-order chi connectivity index (χ1) is 11.7. The predicted molar refractivity (Wildman–Crippen MR) is 101 cm³/mol. The normalized spacial score (nSPS) is 13.0. The molecule has 5 nitrogen and oxygen atoms in total. The van der Waals surface area contributed by atoms with Crippen molar-refractivity contribution < 1.29 is 14.3 Å². The molecule has 0 bridgehead atoms. The van der Waals surface area contributed by atoms with Gasteiger partial charge in [-0.1, -0.05) is 39.0 Å². The molecule has 138 valence electrons. The Morgan fingerprint density at radius 3 is 2.68 bits per heavy atom. The second kappa shape index (κ2) is 7.91. The van der Waals surface area contributed by atoms with Gasteiger partial charge in [0.25, 0.3) is 0 Å². The largest absolute Gasteiger partial charge is 0.461 e. The third-order valence-corrected chi connectivity index (χ3v) is 4.41. The standard InChI is InChI=1S/C20H30N2O3/c1-6-17-16(15-9-7-8-10-18(15)25-17)12-22(5)19(24)21-13-20(3,4)11-14(2)23/h7-10,14,23H,6,11-13H2,1-5H3,(H,21,24). The van der Waals surface area contributed by atoms with Gasteiger partial charge in [0.1, 0.15) is 11.3 Å². The summed E-state index contributed by atoms with van der Waals surface area (Å²) >= 11 is 0. The number of benzene rings is 1. The lowest BCUT2D eigenvalue weighted by Crippen LogP contribution is -2.42. The molecule has 2 aromatic rings. The zero-order chi connectivity index (χ0) is 18.6. The minimum Gasteiger partial charge on any atom is -0.461 e. The Kier molecular flexibility index (Phi) is 6.11. The lowest BCUT2D eigenvalue weighted by molar-refractivity contribution is 0.127. The number of aryl methyl sites for hydroxylation is 1. The molecule has 25 heavy (non-hydrogen) atoms. The molecule has 0 aliphatic rings. The van der Waals surface area contributed by atoms with Crippen LogP contribution in [0.4, 0.5) is 4.79 Å². The molecule has 0 radical (unpaired) electrons. The number of rotatable bonds is 7. The molecule has 5 heteroatoms. The third kappa shape index (κ3) is 4.98. The molecule has 1 unspecified atom stereocenters. The van der Waals surface area contributed by atoms with Crippen molar-refractivity contribution in [2.45, 2.75) is 53.2 Å². The van der Waals surface area contributed by atoms with Gasteiger partial charge in [0.2, 0.25) is 0 Å². The van der Waals surface area contributed by atoms with Gasteiger partial charge >= 0.3 is 6.03 Å². The number of nitrogens with zero attached hydrogens (tertiary/aromatic N) is 1. The van der Waals surface area contributed by atoms with E-state index in [1.54, 1.807) is 18.9 Å². The van der Waals surface area contributed by atoms with Crippen molar-refractivity contribution in [1.82, 2.24) is 10.2 Å². The van der Waals surface area contributed by atoms with E-state index in [0.717, 1.165) is 28.7 Å². The van der Waals surface area contributed by atoms with Crippen LogP contribution in [0.2, 0.25) is 0 Å². The quantitative estimate of drug-likeness (QED) is 0.798. The summed E-state index contributed by atoms with van der Waals surface area (Å²) in [5, 5.41) is 13.6. The Morgan fingerprint density at radius 1 is 1.36 bits per heavy atom. The summed E-state index contributed by atoms with van der Waals surface area (Å²) in [5.74, 6) is 0.926. The van der Waals surface area contributed by atoms with Crippen molar-refractivity contribution in [1.29, 1.82) is 0 Å². The number of aliphatic hydroxyl groups is 1. The number of hydrogen-bond acceptors (Lipinski definition) is 3. The molecule has 0 spiro atoms. The molecular formula is C20H30N2O3. The smallest absolute Gasteiger partial charge is 0.317 e. The van der Waals surface area contributed by atoms with Crippen molar-refractivity contribution in [3.05, 3.63) is 35.6 Å². The topological polar surface area (TPSA) is 65.7 Å². The van der Waals surface area contributed by atoms with E-state index < -0.39 is 0 Å². The molecule has 0 saturated carbocycles. The molecule has 1 atom stereocenters. The molecule has 0 aliphatic carbocycles. The molecule has 1 aromatic heterocycles. The molecule has 2 N–H and O–H groups in total. The number of amides is 2. The molecule has 1 heterocycles. The lowest BCUT2D eigenvalue weighted by Gasteiger charge is -2.28. The van der Waals surface area contributed by atoms with Crippen molar-refractivity contribution >= 4 is 17.0 Å². The van der Waals surface area contributed by atoms with Gasteiger partial charge in [-0.2, -0.15) is 0 Å². The first kappa shape index (κ1) is 19.3. The fraction of sp³-hybridized carbons (Fsp3) is 0.550. The Morgan fingerprint density at radius 2 is 2.04 bits per heavy atom.